The third kappa shape index (κ3) is 5.21. The van der Waals surface area contributed by atoms with Gasteiger partial charge in [-0.3, -0.25) is 14.9 Å². The number of benzene rings is 1. The van der Waals surface area contributed by atoms with E-state index in [4.69, 9.17) is 0 Å². The Morgan fingerprint density at radius 1 is 1.14 bits per heavy atom. The molecule has 0 atom stereocenters. The van der Waals surface area contributed by atoms with E-state index >= 15 is 0 Å². The van der Waals surface area contributed by atoms with E-state index in [0.29, 0.717) is 17.4 Å². The summed E-state index contributed by atoms with van der Waals surface area (Å²) in [4.78, 5) is 32.4. The number of hydrogen-bond donors (Lipinski definition) is 2. The summed E-state index contributed by atoms with van der Waals surface area (Å²) in [7, 11) is 0. The lowest BCUT2D eigenvalue weighted by molar-refractivity contribution is -0.119. The van der Waals surface area contributed by atoms with E-state index in [1.165, 1.54) is 18.3 Å². The second kappa shape index (κ2) is 9.67. The Morgan fingerprint density at radius 3 is 2.62 bits per heavy atom. The van der Waals surface area contributed by atoms with Crippen LogP contribution in [0.1, 0.15) is 35.3 Å². The molecule has 2 amide bonds. The van der Waals surface area contributed by atoms with Gasteiger partial charge in [0.2, 0.25) is 11.9 Å². The number of hydrogen-bond acceptors (Lipinski definition) is 5. The smallest absolute Gasteiger partial charge is 0.268 e. The van der Waals surface area contributed by atoms with Crippen molar-refractivity contribution < 1.29 is 9.59 Å². The molecule has 7 nitrogen and oxygen atoms in total. The Labute approximate surface area is 174 Å². The molecule has 0 saturated carbocycles. The second-order valence-electron chi connectivity index (χ2n) is 6.73. The van der Waals surface area contributed by atoms with Crippen molar-refractivity contribution in [2.24, 2.45) is 0 Å². The largest absolute Gasteiger partial charge is 0.351 e. The topological polar surface area (TPSA) is 79.3 Å². The van der Waals surface area contributed by atoms with Gasteiger partial charge in [-0.05, 0) is 37.4 Å². The molecular weight excluding hydrogens is 386 g/mol. The highest BCUT2D eigenvalue weighted by Gasteiger charge is 2.16. The first-order chi connectivity index (χ1) is 14.0. The van der Waals surface area contributed by atoms with Gasteiger partial charge in [-0.25, -0.2) is 4.98 Å². The third-order valence-corrected chi connectivity index (χ3v) is 5.90. The van der Waals surface area contributed by atoms with Crippen molar-refractivity contribution >= 4 is 40.1 Å². The minimum atomic E-state index is -0.191. The van der Waals surface area contributed by atoms with E-state index in [1.807, 2.05) is 30.3 Å². The Bertz CT molecular complexity index is 990. The van der Waals surface area contributed by atoms with Crippen molar-refractivity contribution in [3.63, 3.8) is 0 Å². The summed E-state index contributed by atoms with van der Waals surface area (Å²) in [6.07, 6.45) is 0. The fraction of sp³-hybridized carbons (Fsp3) is 0.381. The molecule has 3 aromatic rings. The van der Waals surface area contributed by atoms with Gasteiger partial charge in [-0.1, -0.05) is 26.0 Å². The molecule has 8 heteroatoms. The number of amides is 2. The lowest BCUT2D eigenvalue weighted by Gasteiger charge is -2.19. The average molecular weight is 414 g/mol. The van der Waals surface area contributed by atoms with Gasteiger partial charge in [0.15, 0.2) is 0 Å². The molecule has 1 aromatic carbocycles. The normalized spacial score (nSPS) is 11.2. The van der Waals surface area contributed by atoms with Crippen LogP contribution in [0.15, 0.2) is 36.4 Å². The fourth-order valence-corrected chi connectivity index (χ4v) is 3.99. The molecule has 2 heterocycles. The molecule has 0 aliphatic heterocycles. The molecule has 0 spiro atoms. The summed E-state index contributed by atoms with van der Waals surface area (Å²) in [5.41, 5.74) is 1.87. The van der Waals surface area contributed by atoms with Gasteiger partial charge in [-0.15, -0.1) is 11.3 Å². The van der Waals surface area contributed by atoms with E-state index in [2.05, 4.69) is 38.9 Å². The number of carbonyl (C=O) groups excluding carboxylic acids is 2. The number of nitrogens with one attached hydrogen (secondary N) is 2. The zero-order valence-corrected chi connectivity index (χ0v) is 17.9. The lowest BCUT2D eigenvalue weighted by atomic mass is 10.3. The molecule has 2 N–H and O–H groups in total. The summed E-state index contributed by atoms with van der Waals surface area (Å²) in [5, 5.41) is 5.72. The summed E-state index contributed by atoms with van der Waals surface area (Å²) in [6.45, 7) is 9.79. The molecule has 3 rings (SSSR count). The minimum Gasteiger partial charge on any atom is -0.351 e. The van der Waals surface area contributed by atoms with Crippen LogP contribution in [-0.2, 0) is 17.9 Å². The Balaban J connectivity index is 1.79. The van der Waals surface area contributed by atoms with E-state index in [9.17, 15) is 9.59 Å². The number of anilines is 1. The van der Waals surface area contributed by atoms with Crippen LogP contribution < -0.4 is 10.6 Å². The molecule has 0 fully saturated rings. The van der Waals surface area contributed by atoms with Gasteiger partial charge in [-0.2, -0.15) is 0 Å². The number of aromatic nitrogens is 2. The summed E-state index contributed by atoms with van der Waals surface area (Å²) < 4.78 is 2.07. The highest BCUT2D eigenvalue weighted by Crippen LogP contribution is 2.22. The van der Waals surface area contributed by atoms with Crippen molar-refractivity contribution in [2.75, 3.05) is 25.0 Å². The van der Waals surface area contributed by atoms with E-state index in [0.717, 1.165) is 42.1 Å². The van der Waals surface area contributed by atoms with E-state index in [-0.39, 0.29) is 11.8 Å². The quantitative estimate of drug-likeness (QED) is 0.564. The number of thiophene rings is 1. The summed E-state index contributed by atoms with van der Waals surface area (Å²) in [6, 6.07) is 11.5. The fourth-order valence-electron chi connectivity index (χ4n) is 3.15. The highest BCUT2D eigenvalue weighted by molar-refractivity contribution is 7.14. The van der Waals surface area contributed by atoms with Crippen LogP contribution in [0.3, 0.4) is 0 Å². The van der Waals surface area contributed by atoms with Crippen LogP contribution in [0.5, 0.6) is 0 Å². The molecule has 2 aromatic heterocycles. The third-order valence-electron chi connectivity index (χ3n) is 4.81. The maximum Gasteiger partial charge on any atom is 0.268 e. The van der Waals surface area contributed by atoms with E-state index in [1.54, 1.807) is 6.07 Å². The SMILES string of the molecule is CCN(CC)CCn1c(NC(=O)c2ccc(CNC(C)=O)s2)nc2ccccc21. The zero-order valence-electron chi connectivity index (χ0n) is 17.1. The van der Waals surface area contributed by atoms with Gasteiger partial charge in [0, 0.05) is 24.9 Å². The standard InChI is InChI=1S/C21H27N5O2S/c1-4-25(5-2)12-13-26-18-9-7-6-8-17(18)23-21(26)24-20(28)19-11-10-16(29-19)14-22-15(3)27/h6-11H,4-5,12-14H2,1-3H3,(H,22,27)(H,23,24,28). The summed E-state index contributed by atoms with van der Waals surface area (Å²) >= 11 is 1.37. The Hall–Kier alpha value is -2.71. The maximum absolute atomic E-state index is 12.8. The van der Waals surface area contributed by atoms with Gasteiger partial charge >= 0.3 is 0 Å². The first-order valence-corrected chi connectivity index (χ1v) is 10.7. The average Bonchev–Trinajstić information content (AvgIpc) is 3.32. The predicted octanol–water partition coefficient (Wildman–Crippen LogP) is 3.33. The molecule has 154 valence electrons. The van der Waals surface area contributed by atoms with Crippen LogP contribution in [0, 0.1) is 0 Å². The number of likely N-dealkylation sites (N-methyl/N-ethyl adjacent to an activating group) is 1. The molecule has 0 bridgehead atoms. The number of carbonyl (C=O) groups is 2. The molecule has 0 unspecified atom stereocenters. The van der Waals surface area contributed by atoms with Gasteiger partial charge in [0.05, 0.1) is 22.5 Å². The minimum absolute atomic E-state index is 0.0914. The van der Waals surface area contributed by atoms with E-state index < -0.39 is 0 Å². The summed E-state index contributed by atoms with van der Waals surface area (Å²) in [5.74, 6) is 0.273. The number of para-hydroxylation sites is 2. The van der Waals surface area contributed by atoms with Crippen LogP contribution >= 0.6 is 11.3 Å². The molecule has 29 heavy (non-hydrogen) atoms. The van der Waals surface area contributed by atoms with Crippen molar-refractivity contribution in [2.45, 2.75) is 33.9 Å². The Morgan fingerprint density at radius 2 is 1.90 bits per heavy atom. The first kappa shape index (κ1) is 21.0. The molecule has 0 radical (unpaired) electrons. The predicted molar refractivity (Wildman–Crippen MR) is 117 cm³/mol. The van der Waals surface area contributed by atoms with Gasteiger partial charge < -0.3 is 14.8 Å². The Kier molecular flexibility index (Phi) is 7.00. The van der Waals surface area contributed by atoms with Gasteiger partial charge in [0.1, 0.15) is 0 Å². The first-order valence-electron chi connectivity index (χ1n) is 9.84. The second-order valence-corrected chi connectivity index (χ2v) is 7.90. The lowest BCUT2D eigenvalue weighted by Crippen LogP contribution is -2.27. The molecular formula is C21H27N5O2S. The van der Waals surface area contributed by atoms with Crippen LogP contribution in [0.2, 0.25) is 0 Å². The number of nitrogens with zero attached hydrogens (tertiary/aromatic N) is 3. The van der Waals surface area contributed by atoms with Crippen molar-refractivity contribution in [1.29, 1.82) is 0 Å². The maximum atomic E-state index is 12.8. The monoisotopic (exact) mass is 413 g/mol. The zero-order chi connectivity index (χ0) is 20.8. The van der Waals surface area contributed by atoms with Crippen molar-refractivity contribution in [3.8, 4) is 0 Å². The van der Waals surface area contributed by atoms with Crippen LogP contribution in [-0.4, -0.2) is 45.9 Å². The van der Waals surface area contributed by atoms with Crippen LogP contribution in [0.4, 0.5) is 5.95 Å². The molecule has 0 aliphatic rings. The number of rotatable bonds is 9. The highest BCUT2D eigenvalue weighted by atomic mass is 32.1. The van der Waals surface area contributed by atoms with Crippen molar-refractivity contribution in [1.82, 2.24) is 19.8 Å². The van der Waals surface area contributed by atoms with Crippen molar-refractivity contribution in [3.05, 3.63) is 46.2 Å². The molecule has 0 aliphatic carbocycles. The number of fused-ring (bicyclic) bond motifs is 1. The molecule has 0 saturated heterocycles. The van der Waals surface area contributed by atoms with Crippen LogP contribution in [0.25, 0.3) is 11.0 Å². The van der Waals surface area contributed by atoms with Gasteiger partial charge in [0.25, 0.3) is 5.91 Å². The number of imidazole rings is 1.